The number of benzene rings is 2. The van der Waals surface area contributed by atoms with Crippen LogP contribution >= 0.6 is 0 Å². The number of esters is 1. The van der Waals surface area contributed by atoms with Crippen LogP contribution in [-0.4, -0.2) is 28.8 Å². The highest BCUT2D eigenvalue weighted by Crippen LogP contribution is 2.35. The number of aryl methyl sites for hydroxylation is 2. The molecule has 34 heavy (non-hydrogen) atoms. The summed E-state index contributed by atoms with van der Waals surface area (Å²) in [5.41, 5.74) is 4.90. The summed E-state index contributed by atoms with van der Waals surface area (Å²) in [5.74, 6) is -0.438. The van der Waals surface area contributed by atoms with Gasteiger partial charge < -0.3 is 9.30 Å². The fraction of sp³-hybridized carbons (Fsp3) is 0.217. The normalized spacial score (nSPS) is 11.6. The van der Waals surface area contributed by atoms with Crippen LogP contribution in [-0.2, 0) is 10.9 Å². The molecule has 0 saturated heterocycles. The van der Waals surface area contributed by atoms with E-state index in [4.69, 9.17) is 4.74 Å². The molecule has 3 rings (SSSR count). The maximum atomic E-state index is 12.9. The second kappa shape index (κ2) is 9.38. The van der Waals surface area contributed by atoms with Gasteiger partial charge in [0.15, 0.2) is 0 Å². The quantitative estimate of drug-likeness (QED) is 0.218. The number of carbonyl (C=O) groups is 1. The molecule has 0 aliphatic rings. The van der Waals surface area contributed by atoms with Crippen LogP contribution in [0.15, 0.2) is 47.6 Å². The molecule has 0 aliphatic heterocycles. The number of hydrazone groups is 1. The van der Waals surface area contributed by atoms with Gasteiger partial charge in [-0.15, -0.1) is 0 Å². The molecule has 2 aromatic carbocycles. The van der Waals surface area contributed by atoms with Crippen molar-refractivity contribution in [1.29, 1.82) is 0 Å². The van der Waals surface area contributed by atoms with Gasteiger partial charge in [0.25, 0.3) is 5.69 Å². The van der Waals surface area contributed by atoms with Crippen LogP contribution in [0.3, 0.4) is 0 Å². The highest BCUT2D eigenvalue weighted by atomic mass is 19.4. The minimum Gasteiger partial charge on any atom is -0.465 e. The summed E-state index contributed by atoms with van der Waals surface area (Å²) in [6.07, 6.45) is -3.27. The average Bonchev–Trinajstić information content (AvgIpc) is 3.05. The number of halogens is 3. The molecule has 0 atom stereocenters. The SMILES string of the molecule is COC(=O)c1ccc(-n2c(C)cc(/C=N\Nc3ccc(C(F)(F)F)cc3[N+](=O)[O-])c2C)c(C)c1. The molecule has 0 fully saturated rings. The van der Waals surface area contributed by atoms with Crippen LogP contribution in [0.25, 0.3) is 5.69 Å². The summed E-state index contributed by atoms with van der Waals surface area (Å²) in [6.45, 7) is 5.59. The third-order valence-corrected chi connectivity index (χ3v) is 5.24. The van der Waals surface area contributed by atoms with Gasteiger partial charge in [0.05, 0.1) is 29.4 Å². The Labute approximate surface area is 192 Å². The second-order valence-corrected chi connectivity index (χ2v) is 7.51. The molecule has 3 aromatic rings. The maximum Gasteiger partial charge on any atom is 0.416 e. The first-order chi connectivity index (χ1) is 15.9. The Hall–Kier alpha value is -4.15. The molecule has 8 nitrogen and oxygen atoms in total. The van der Waals surface area contributed by atoms with Gasteiger partial charge in [-0.3, -0.25) is 15.5 Å². The number of hydrogen-bond acceptors (Lipinski definition) is 6. The van der Waals surface area contributed by atoms with Gasteiger partial charge in [0, 0.05) is 28.7 Å². The lowest BCUT2D eigenvalue weighted by Crippen LogP contribution is -2.07. The Kier molecular flexibility index (Phi) is 6.75. The average molecular weight is 474 g/mol. The first-order valence-corrected chi connectivity index (χ1v) is 9.97. The predicted molar refractivity (Wildman–Crippen MR) is 121 cm³/mol. The van der Waals surface area contributed by atoms with Crippen molar-refractivity contribution in [2.24, 2.45) is 5.10 Å². The number of carbonyl (C=O) groups excluding carboxylic acids is 1. The minimum absolute atomic E-state index is 0.169. The number of nitro groups is 1. The van der Waals surface area contributed by atoms with Crippen LogP contribution < -0.4 is 5.43 Å². The van der Waals surface area contributed by atoms with E-state index in [1.54, 1.807) is 18.2 Å². The van der Waals surface area contributed by atoms with Gasteiger partial charge in [-0.1, -0.05) is 0 Å². The van der Waals surface area contributed by atoms with Gasteiger partial charge in [-0.05, 0) is 62.7 Å². The number of methoxy groups -OCH3 is 1. The van der Waals surface area contributed by atoms with Crippen molar-refractivity contribution in [2.75, 3.05) is 12.5 Å². The molecule has 178 valence electrons. The molecule has 11 heteroatoms. The third-order valence-electron chi connectivity index (χ3n) is 5.24. The molecule has 0 aliphatic carbocycles. The topological polar surface area (TPSA) is 98.8 Å². The summed E-state index contributed by atoms with van der Waals surface area (Å²) < 4.78 is 45.3. The largest absolute Gasteiger partial charge is 0.465 e. The summed E-state index contributed by atoms with van der Waals surface area (Å²) in [5, 5.41) is 15.2. The van der Waals surface area contributed by atoms with Gasteiger partial charge in [-0.25, -0.2) is 4.79 Å². The van der Waals surface area contributed by atoms with Crippen molar-refractivity contribution >= 4 is 23.6 Å². The van der Waals surface area contributed by atoms with Gasteiger partial charge >= 0.3 is 12.1 Å². The molecular weight excluding hydrogens is 453 g/mol. The smallest absolute Gasteiger partial charge is 0.416 e. The van der Waals surface area contributed by atoms with E-state index < -0.39 is 28.3 Å². The molecule has 0 radical (unpaired) electrons. The van der Waals surface area contributed by atoms with Crippen LogP contribution in [0.5, 0.6) is 0 Å². The Morgan fingerprint density at radius 2 is 1.85 bits per heavy atom. The van der Waals surface area contributed by atoms with Crippen molar-refractivity contribution in [1.82, 2.24) is 4.57 Å². The lowest BCUT2D eigenvalue weighted by molar-refractivity contribution is -0.384. The summed E-state index contributed by atoms with van der Waals surface area (Å²) in [4.78, 5) is 22.1. The Morgan fingerprint density at radius 1 is 1.15 bits per heavy atom. The highest BCUT2D eigenvalue weighted by Gasteiger charge is 2.33. The van der Waals surface area contributed by atoms with Crippen LogP contribution in [0.2, 0.25) is 0 Å². The third kappa shape index (κ3) is 4.92. The van der Waals surface area contributed by atoms with E-state index in [1.807, 2.05) is 31.4 Å². The highest BCUT2D eigenvalue weighted by molar-refractivity contribution is 5.90. The minimum atomic E-state index is -4.70. The monoisotopic (exact) mass is 474 g/mol. The molecule has 1 aromatic heterocycles. The zero-order chi connectivity index (χ0) is 25.2. The number of nitro benzene ring substituents is 1. The zero-order valence-electron chi connectivity index (χ0n) is 18.7. The van der Waals surface area contributed by atoms with E-state index in [2.05, 4.69) is 10.5 Å². The van der Waals surface area contributed by atoms with Gasteiger partial charge in [0.2, 0.25) is 0 Å². The Bertz CT molecular complexity index is 1300. The number of ether oxygens (including phenoxy) is 1. The molecule has 0 unspecified atom stereocenters. The van der Waals surface area contributed by atoms with E-state index in [-0.39, 0.29) is 5.69 Å². The lowest BCUT2D eigenvalue weighted by atomic mass is 10.1. The number of nitrogens with one attached hydrogen (secondary N) is 1. The van der Waals surface area contributed by atoms with E-state index in [1.165, 1.54) is 13.3 Å². The fourth-order valence-electron chi connectivity index (χ4n) is 3.57. The Morgan fingerprint density at radius 3 is 2.44 bits per heavy atom. The summed E-state index contributed by atoms with van der Waals surface area (Å²) in [7, 11) is 1.31. The molecule has 0 bridgehead atoms. The van der Waals surface area contributed by atoms with E-state index >= 15 is 0 Å². The maximum absolute atomic E-state index is 12.9. The van der Waals surface area contributed by atoms with Crippen LogP contribution in [0.1, 0.15) is 38.4 Å². The number of anilines is 1. The standard InChI is InChI=1S/C23H21F3N4O4/c1-13-9-16(22(31)34-4)5-8-20(13)29-14(2)10-17(15(29)3)12-27-28-19-7-6-18(23(24,25)26)11-21(19)30(32)33/h5-12,28H,1-4H3/b27-12-. The summed E-state index contributed by atoms with van der Waals surface area (Å²) in [6, 6.07) is 9.20. The van der Waals surface area contributed by atoms with Crippen LogP contribution in [0.4, 0.5) is 24.5 Å². The molecule has 0 spiro atoms. The predicted octanol–water partition coefficient (Wildman–Crippen LogP) is 5.56. The molecule has 1 N–H and O–H groups in total. The van der Waals surface area contributed by atoms with E-state index in [9.17, 15) is 28.1 Å². The van der Waals surface area contributed by atoms with E-state index in [0.29, 0.717) is 17.2 Å². The fourth-order valence-corrected chi connectivity index (χ4v) is 3.57. The van der Waals surface area contributed by atoms with Crippen molar-refractivity contribution in [3.05, 3.63) is 86.2 Å². The number of alkyl halides is 3. The second-order valence-electron chi connectivity index (χ2n) is 7.51. The van der Waals surface area contributed by atoms with Gasteiger partial charge in [0.1, 0.15) is 5.69 Å². The molecule has 1 heterocycles. The summed E-state index contributed by atoms with van der Waals surface area (Å²) >= 11 is 0. The van der Waals surface area contributed by atoms with Gasteiger partial charge in [-0.2, -0.15) is 18.3 Å². The van der Waals surface area contributed by atoms with Crippen LogP contribution in [0, 0.1) is 30.9 Å². The van der Waals surface area contributed by atoms with Crippen molar-refractivity contribution < 1.29 is 27.6 Å². The first kappa shape index (κ1) is 24.5. The van der Waals surface area contributed by atoms with E-state index in [0.717, 1.165) is 34.8 Å². The number of aromatic nitrogens is 1. The number of rotatable bonds is 6. The van der Waals surface area contributed by atoms with Crippen molar-refractivity contribution in [3.63, 3.8) is 0 Å². The molecule has 0 amide bonds. The van der Waals surface area contributed by atoms with Crippen molar-refractivity contribution in [2.45, 2.75) is 26.9 Å². The Balaban J connectivity index is 1.89. The molecule has 0 saturated carbocycles. The first-order valence-electron chi connectivity index (χ1n) is 9.97. The zero-order valence-corrected chi connectivity index (χ0v) is 18.7. The lowest BCUT2D eigenvalue weighted by Gasteiger charge is -2.13. The van der Waals surface area contributed by atoms with Crippen molar-refractivity contribution in [3.8, 4) is 5.69 Å². The number of hydrogen-bond donors (Lipinski definition) is 1. The molecular formula is C23H21F3N4O4. The number of nitrogens with zero attached hydrogens (tertiary/aromatic N) is 3.